The normalized spacial score (nSPS) is 22.4. The Morgan fingerprint density at radius 1 is 1.21 bits per heavy atom. The smallest absolute Gasteiger partial charge is 0.123 e. The van der Waals surface area contributed by atoms with Crippen molar-refractivity contribution >= 4 is 5.69 Å². The number of hydrogen-bond acceptors (Lipinski definition) is 2. The quantitative estimate of drug-likeness (QED) is 0.621. The summed E-state index contributed by atoms with van der Waals surface area (Å²) < 4.78 is 18.4. The van der Waals surface area contributed by atoms with E-state index in [1.54, 1.807) is 12.1 Å². The Hall–Kier alpha value is -1.35. The second kappa shape index (κ2) is 7.29. The monoisotopic (exact) mass is 263 g/mol. The van der Waals surface area contributed by atoms with Crippen molar-refractivity contribution in [1.82, 2.24) is 0 Å². The van der Waals surface area contributed by atoms with Gasteiger partial charge in [0.25, 0.3) is 0 Å². The Bertz CT molecular complexity index is 402. The van der Waals surface area contributed by atoms with Crippen molar-refractivity contribution in [3.63, 3.8) is 0 Å². The number of anilines is 1. The summed E-state index contributed by atoms with van der Waals surface area (Å²) in [7, 11) is 0. The van der Waals surface area contributed by atoms with Gasteiger partial charge in [-0.25, -0.2) is 4.39 Å². The lowest BCUT2D eigenvalue weighted by Gasteiger charge is -2.24. The summed E-state index contributed by atoms with van der Waals surface area (Å²) in [6.45, 7) is 4.55. The summed E-state index contributed by atoms with van der Waals surface area (Å²) in [5, 5.41) is 3.22. The summed E-state index contributed by atoms with van der Waals surface area (Å²) in [4.78, 5) is 0. The van der Waals surface area contributed by atoms with Gasteiger partial charge in [0, 0.05) is 12.2 Å². The maximum Gasteiger partial charge on any atom is 0.123 e. The van der Waals surface area contributed by atoms with E-state index >= 15 is 0 Å². The van der Waals surface area contributed by atoms with Gasteiger partial charge < -0.3 is 10.1 Å². The number of benzene rings is 1. The van der Waals surface area contributed by atoms with Crippen molar-refractivity contribution in [1.29, 1.82) is 0 Å². The molecule has 1 aliphatic carbocycles. The van der Waals surface area contributed by atoms with Crippen LogP contribution in [0.3, 0.4) is 0 Å². The van der Waals surface area contributed by atoms with Gasteiger partial charge in [-0.1, -0.05) is 19.1 Å². The Morgan fingerprint density at radius 3 is 2.68 bits per heavy atom. The largest absolute Gasteiger partial charge is 0.383 e. The highest BCUT2D eigenvalue weighted by Gasteiger charge is 2.17. The lowest BCUT2D eigenvalue weighted by molar-refractivity contribution is 0.0860. The molecular weight excluding hydrogens is 241 g/mol. The maximum atomic E-state index is 12.7. The van der Waals surface area contributed by atoms with Crippen molar-refractivity contribution in [3.8, 4) is 0 Å². The molecule has 0 aliphatic heterocycles. The average molecular weight is 263 g/mol. The standard InChI is InChI=1S/C16H22FNO/c1-13-4-2-3-5-14(13)12-19-11-10-18-16-8-6-15(17)7-9-16/h2-3,6-9,13-14,18H,4-5,10-12H2,1H3. The van der Waals surface area contributed by atoms with E-state index in [4.69, 9.17) is 4.74 Å². The van der Waals surface area contributed by atoms with Crippen molar-refractivity contribution < 1.29 is 9.13 Å². The van der Waals surface area contributed by atoms with Crippen LogP contribution < -0.4 is 5.32 Å². The van der Waals surface area contributed by atoms with Gasteiger partial charge in [-0.15, -0.1) is 0 Å². The molecule has 0 bridgehead atoms. The fourth-order valence-corrected chi connectivity index (χ4v) is 2.31. The summed E-state index contributed by atoms with van der Waals surface area (Å²) in [5.74, 6) is 1.16. The third-order valence-electron chi connectivity index (χ3n) is 3.67. The molecule has 2 unspecified atom stereocenters. The van der Waals surface area contributed by atoms with E-state index in [1.165, 1.54) is 18.6 Å². The van der Waals surface area contributed by atoms with E-state index in [-0.39, 0.29) is 5.82 Å². The Morgan fingerprint density at radius 2 is 1.95 bits per heavy atom. The molecule has 2 rings (SSSR count). The van der Waals surface area contributed by atoms with Crippen LogP contribution in [0.1, 0.15) is 19.8 Å². The fourth-order valence-electron chi connectivity index (χ4n) is 2.31. The molecule has 1 N–H and O–H groups in total. The predicted octanol–water partition coefficient (Wildman–Crippen LogP) is 3.86. The first-order valence-electron chi connectivity index (χ1n) is 6.98. The molecule has 0 fully saturated rings. The first kappa shape index (κ1) is 14.1. The Balaban J connectivity index is 1.59. The minimum Gasteiger partial charge on any atom is -0.383 e. The zero-order chi connectivity index (χ0) is 13.5. The third-order valence-corrected chi connectivity index (χ3v) is 3.67. The van der Waals surface area contributed by atoms with Crippen LogP contribution in [0.2, 0.25) is 0 Å². The molecular formula is C16H22FNO. The first-order valence-corrected chi connectivity index (χ1v) is 6.98. The molecule has 2 nitrogen and oxygen atoms in total. The topological polar surface area (TPSA) is 21.3 Å². The summed E-state index contributed by atoms with van der Waals surface area (Å²) >= 11 is 0. The van der Waals surface area contributed by atoms with E-state index < -0.39 is 0 Å². The van der Waals surface area contributed by atoms with Gasteiger partial charge in [0.15, 0.2) is 0 Å². The van der Waals surface area contributed by atoms with Crippen LogP contribution in [0.5, 0.6) is 0 Å². The minimum absolute atomic E-state index is 0.207. The van der Waals surface area contributed by atoms with E-state index in [0.717, 1.165) is 31.2 Å². The van der Waals surface area contributed by atoms with Gasteiger partial charge in [-0.2, -0.15) is 0 Å². The maximum absolute atomic E-state index is 12.7. The second-order valence-corrected chi connectivity index (χ2v) is 5.19. The number of hydrogen-bond donors (Lipinski definition) is 1. The molecule has 1 aromatic rings. The second-order valence-electron chi connectivity index (χ2n) is 5.19. The van der Waals surface area contributed by atoms with E-state index in [9.17, 15) is 4.39 Å². The molecule has 0 spiro atoms. The Labute approximate surface area is 114 Å². The van der Waals surface area contributed by atoms with Crippen molar-refractivity contribution in [2.24, 2.45) is 11.8 Å². The molecule has 0 heterocycles. The zero-order valence-electron chi connectivity index (χ0n) is 11.4. The van der Waals surface area contributed by atoms with Gasteiger partial charge in [0.05, 0.1) is 13.2 Å². The van der Waals surface area contributed by atoms with Crippen molar-refractivity contribution in [2.75, 3.05) is 25.1 Å². The van der Waals surface area contributed by atoms with Crippen molar-refractivity contribution in [2.45, 2.75) is 19.8 Å². The van der Waals surface area contributed by atoms with Gasteiger partial charge in [-0.3, -0.25) is 0 Å². The number of ether oxygens (including phenoxy) is 1. The third kappa shape index (κ3) is 4.67. The number of rotatable bonds is 6. The number of halogens is 1. The minimum atomic E-state index is -0.207. The molecule has 0 saturated heterocycles. The fraction of sp³-hybridized carbons (Fsp3) is 0.500. The van der Waals surface area contributed by atoms with E-state index in [0.29, 0.717) is 12.5 Å². The molecule has 1 aromatic carbocycles. The van der Waals surface area contributed by atoms with E-state index in [1.807, 2.05) is 0 Å². The van der Waals surface area contributed by atoms with Crippen molar-refractivity contribution in [3.05, 3.63) is 42.2 Å². The first-order chi connectivity index (χ1) is 9.25. The van der Waals surface area contributed by atoms with Gasteiger partial charge in [0.2, 0.25) is 0 Å². The average Bonchev–Trinajstić information content (AvgIpc) is 2.42. The summed E-state index contributed by atoms with van der Waals surface area (Å²) in [6, 6.07) is 6.39. The summed E-state index contributed by atoms with van der Waals surface area (Å²) in [6.07, 6.45) is 6.82. The lowest BCUT2D eigenvalue weighted by Crippen LogP contribution is -2.21. The molecule has 104 valence electrons. The van der Waals surface area contributed by atoms with Crippen LogP contribution in [0, 0.1) is 17.7 Å². The Kier molecular flexibility index (Phi) is 5.40. The van der Waals surface area contributed by atoms with Crippen LogP contribution in [-0.4, -0.2) is 19.8 Å². The molecule has 0 saturated carbocycles. The zero-order valence-corrected chi connectivity index (χ0v) is 11.4. The predicted molar refractivity (Wildman–Crippen MR) is 76.7 cm³/mol. The van der Waals surface area contributed by atoms with Gasteiger partial charge in [0.1, 0.15) is 5.82 Å². The lowest BCUT2D eigenvalue weighted by atomic mass is 9.85. The SMILES string of the molecule is CC1CC=CCC1COCCNc1ccc(F)cc1. The molecule has 3 heteroatoms. The molecule has 0 amide bonds. The van der Waals surface area contributed by atoms with Crippen LogP contribution in [0.25, 0.3) is 0 Å². The molecule has 19 heavy (non-hydrogen) atoms. The summed E-state index contributed by atoms with van der Waals surface area (Å²) in [5.41, 5.74) is 0.930. The molecule has 2 atom stereocenters. The highest BCUT2D eigenvalue weighted by Crippen LogP contribution is 2.24. The van der Waals surface area contributed by atoms with Crippen LogP contribution in [0.4, 0.5) is 10.1 Å². The number of nitrogens with one attached hydrogen (secondary N) is 1. The van der Waals surface area contributed by atoms with Crippen LogP contribution in [-0.2, 0) is 4.74 Å². The van der Waals surface area contributed by atoms with E-state index in [2.05, 4.69) is 24.4 Å². The molecule has 1 aliphatic rings. The van der Waals surface area contributed by atoms with Gasteiger partial charge in [-0.05, 0) is 48.9 Å². The van der Waals surface area contributed by atoms with Crippen LogP contribution >= 0.6 is 0 Å². The number of allylic oxidation sites excluding steroid dienone is 2. The van der Waals surface area contributed by atoms with Crippen LogP contribution in [0.15, 0.2) is 36.4 Å². The highest BCUT2D eigenvalue weighted by atomic mass is 19.1. The highest BCUT2D eigenvalue weighted by molar-refractivity contribution is 5.42. The molecule has 0 aromatic heterocycles. The van der Waals surface area contributed by atoms with Gasteiger partial charge >= 0.3 is 0 Å². The molecule has 0 radical (unpaired) electrons.